The number of ether oxygens (including phenoxy) is 2. The van der Waals surface area contributed by atoms with Gasteiger partial charge in [-0.3, -0.25) is 0 Å². The number of carbonyl (C=O) groups is 1. The molecule has 0 radical (unpaired) electrons. The fourth-order valence-electron chi connectivity index (χ4n) is 2.76. The number of alkyl halides is 3. The van der Waals surface area contributed by atoms with E-state index >= 15 is 0 Å². The van der Waals surface area contributed by atoms with Crippen molar-refractivity contribution in [3.8, 4) is 11.1 Å². The van der Waals surface area contributed by atoms with Crippen molar-refractivity contribution in [2.24, 2.45) is 0 Å². The van der Waals surface area contributed by atoms with E-state index in [2.05, 4.69) is 10.6 Å². The summed E-state index contributed by atoms with van der Waals surface area (Å²) >= 11 is 0. The first-order chi connectivity index (χ1) is 12.9. The molecular weight excluding hydrogens is 361 g/mol. The molecule has 0 aliphatic carbocycles. The standard InChI is InChI=1S/C19H19F3N2O3/c20-19(21,22)17-10-14(6-7-16(17)13-4-2-1-3-5-13)24-18(25)23-11-15-12-26-8-9-27-15/h1-7,10,15H,8-9,11-12H2,(H2,23,24,25)/t15-/m0/s1. The van der Waals surface area contributed by atoms with Crippen molar-refractivity contribution < 1.29 is 27.4 Å². The second kappa shape index (κ2) is 8.41. The van der Waals surface area contributed by atoms with Crippen LogP contribution in [0.5, 0.6) is 0 Å². The highest BCUT2D eigenvalue weighted by atomic mass is 19.4. The molecule has 1 atom stereocenters. The van der Waals surface area contributed by atoms with E-state index in [1.165, 1.54) is 12.1 Å². The fraction of sp³-hybridized carbons (Fsp3) is 0.316. The minimum atomic E-state index is -4.55. The molecule has 1 aliphatic rings. The Morgan fingerprint density at radius 1 is 1.11 bits per heavy atom. The number of benzene rings is 2. The van der Waals surface area contributed by atoms with E-state index in [0.717, 1.165) is 6.07 Å². The second-order valence-electron chi connectivity index (χ2n) is 6.03. The van der Waals surface area contributed by atoms with Gasteiger partial charge in [-0.15, -0.1) is 0 Å². The maximum Gasteiger partial charge on any atom is 0.417 e. The summed E-state index contributed by atoms with van der Waals surface area (Å²) in [6.45, 7) is 1.53. The molecule has 0 aromatic heterocycles. The van der Waals surface area contributed by atoms with E-state index in [-0.39, 0.29) is 23.9 Å². The molecule has 1 fully saturated rings. The van der Waals surface area contributed by atoms with Gasteiger partial charge in [0.2, 0.25) is 0 Å². The first kappa shape index (κ1) is 19.2. The third-order valence-corrected chi connectivity index (χ3v) is 4.04. The van der Waals surface area contributed by atoms with Gasteiger partial charge in [-0.2, -0.15) is 13.2 Å². The molecule has 27 heavy (non-hydrogen) atoms. The maximum absolute atomic E-state index is 13.5. The Morgan fingerprint density at radius 3 is 2.56 bits per heavy atom. The Labute approximate surface area is 154 Å². The monoisotopic (exact) mass is 380 g/mol. The van der Waals surface area contributed by atoms with Gasteiger partial charge in [0.1, 0.15) is 0 Å². The lowest BCUT2D eigenvalue weighted by Gasteiger charge is -2.23. The number of rotatable bonds is 4. The van der Waals surface area contributed by atoms with Crippen LogP contribution >= 0.6 is 0 Å². The van der Waals surface area contributed by atoms with Crippen molar-refractivity contribution in [3.05, 3.63) is 54.1 Å². The van der Waals surface area contributed by atoms with Gasteiger partial charge in [-0.1, -0.05) is 36.4 Å². The van der Waals surface area contributed by atoms with Gasteiger partial charge in [0.15, 0.2) is 0 Å². The molecule has 2 amide bonds. The predicted octanol–water partition coefficient (Wildman–Crippen LogP) is 3.91. The van der Waals surface area contributed by atoms with Crippen molar-refractivity contribution in [2.75, 3.05) is 31.7 Å². The lowest BCUT2D eigenvalue weighted by molar-refractivity contribution is -0.137. The van der Waals surface area contributed by atoms with Crippen LogP contribution in [0, 0.1) is 0 Å². The zero-order valence-electron chi connectivity index (χ0n) is 14.4. The van der Waals surface area contributed by atoms with Crippen LogP contribution in [0.15, 0.2) is 48.5 Å². The van der Waals surface area contributed by atoms with Crippen LogP contribution in [0.25, 0.3) is 11.1 Å². The van der Waals surface area contributed by atoms with Crippen LogP contribution in [0.1, 0.15) is 5.56 Å². The summed E-state index contributed by atoms with van der Waals surface area (Å²) in [4.78, 5) is 12.0. The molecule has 2 aromatic carbocycles. The summed E-state index contributed by atoms with van der Waals surface area (Å²) in [5.41, 5.74) is -0.243. The van der Waals surface area contributed by atoms with Crippen LogP contribution < -0.4 is 10.6 Å². The molecule has 0 unspecified atom stereocenters. The highest BCUT2D eigenvalue weighted by Crippen LogP contribution is 2.38. The zero-order chi connectivity index (χ0) is 19.3. The van der Waals surface area contributed by atoms with E-state index in [1.54, 1.807) is 30.3 Å². The summed E-state index contributed by atoms with van der Waals surface area (Å²) < 4.78 is 51.1. The van der Waals surface area contributed by atoms with Crippen LogP contribution in [-0.2, 0) is 15.7 Å². The Kier molecular flexibility index (Phi) is 5.98. The van der Waals surface area contributed by atoms with Gasteiger partial charge in [0, 0.05) is 12.2 Å². The predicted molar refractivity (Wildman–Crippen MR) is 94.5 cm³/mol. The van der Waals surface area contributed by atoms with Gasteiger partial charge >= 0.3 is 12.2 Å². The topological polar surface area (TPSA) is 59.6 Å². The normalized spacial score (nSPS) is 17.4. The van der Waals surface area contributed by atoms with Gasteiger partial charge in [-0.25, -0.2) is 4.79 Å². The van der Waals surface area contributed by atoms with Gasteiger partial charge in [0.25, 0.3) is 0 Å². The molecule has 2 aromatic rings. The molecule has 1 saturated heterocycles. The first-order valence-electron chi connectivity index (χ1n) is 8.44. The lowest BCUT2D eigenvalue weighted by atomic mass is 9.98. The molecular formula is C19H19F3N2O3. The SMILES string of the molecule is O=C(NC[C@H]1COCCO1)Nc1ccc(-c2ccccc2)c(C(F)(F)F)c1. The molecule has 5 nitrogen and oxygen atoms in total. The summed E-state index contributed by atoms with van der Waals surface area (Å²) in [6, 6.07) is 11.4. The van der Waals surface area contributed by atoms with Crippen LogP contribution in [0.3, 0.4) is 0 Å². The number of anilines is 1. The lowest BCUT2D eigenvalue weighted by Crippen LogP contribution is -2.41. The minimum absolute atomic E-state index is 0.0559. The zero-order valence-corrected chi connectivity index (χ0v) is 14.4. The van der Waals surface area contributed by atoms with E-state index in [0.29, 0.717) is 25.4 Å². The number of urea groups is 1. The number of nitrogens with one attached hydrogen (secondary N) is 2. The smallest absolute Gasteiger partial charge is 0.376 e. The molecule has 0 saturated carbocycles. The van der Waals surface area contributed by atoms with E-state index in [1.807, 2.05) is 0 Å². The summed E-state index contributed by atoms with van der Waals surface area (Å²) in [5, 5.41) is 5.00. The molecule has 0 bridgehead atoms. The Bertz CT molecular complexity index is 776. The summed E-state index contributed by atoms with van der Waals surface area (Å²) in [5.74, 6) is 0. The molecule has 2 N–H and O–H groups in total. The number of amides is 2. The third kappa shape index (κ3) is 5.21. The second-order valence-corrected chi connectivity index (χ2v) is 6.03. The first-order valence-corrected chi connectivity index (χ1v) is 8.44. The van der Waals surface area contributed by atoms with Crippen LogP contribution in [-0.4, -0.2) is 38.5 Å². The minimum Gasteiger partial charge on any atom is -0.376 e. The Morgan fingerprint density at radius 2 is 1.89 bits per heavy atom. The van der Waals surface area contributed by atoms with E-state index in [4.69, 9.17) is 9.47 Å². The number of hydrogen-bond acceptors (Lipinski definition) is 3. The third-order valence-electron chi connectivity index (χ3n) is 4.04. The van der Waals surface area contributed by atoms with Gasteiger partial charge < -0.3 is 20.1 Å². The molecule has 144 valence electrons. The number of carbonyl (C=O) groups excluding carboxylic acids is 1. The molecule has 3 rings (SSSR count). The Balaban J connectivity index is 1.71. The van der Waals surface area contributed by atoms with Crippen molar-refractivity contribution >= 4 is 11.7 Å². The Hall–Kier alpha value is -2.58. The fourth-order valence-corrected chi connectivity index (χ4v) is 2.76. The molecule has 1 heterocycles. The number of hydrogen-bond donors (Lipinski definition) is 2. The largest absolute Gasteiger partial charge is 0.417 e. The quantitative estimate of drug-likeness (QED) is 0.846. The average Bonchev–Trinajstić information content (AvgIpc) is 2.67. The average molecular weight is 380 g/mol. The van der Waals surface area contributed by atoms with Crippen LogP contribution in [0.2, 0.25) is 0 Å². The highest BCUT2D eigenvalue weighted by molar-refractivity contribution is 5.90. The molecule has 1 aliphatic heterocycles. The highest BCUT2D eigenvalue weighted by Gasteiger charge is 2.34. The van der Waals surface area contributed by atoms with Gasteiger partial charge in [-0.05, 0) is 23.3 Å². The van der Waals surface area contributed by atoms with E-state index < -0.39 is 17.8 Å². The summed E-state index contributed by atoms with van der Waals surface area (Å²) in [7, 11) is 0. The van der Waals surface area contributed by atoms with Crippen molar-refractivity contribution in [1.29, 1.82) is 0 Å². The van der Waals surface area contributed by atoms with Crippen molar-refractivity contribution in [1.82, 2.24) is 5.32 Å². The van der Waals surface area contributed by atoms with Gasteiger partial charge in [0.05, 0.1) is 31.5 Å². The molecule has 0 spiro atoms. The van der Waals surface area contributed by atoms with Crippen molar-refractivity contribution in [2.45, 2.75) is 12.3 Å². The summed E-state index contributed by atoms with van der Waals surface area (Å²) in [6.07, 6.45) is -4.82. The maximum atomic E-state index is 13.5. The van der Waals surface area contributed by atoms with Crippen LogP contribution in [0.4, 0.5) is 23.7 Å². The molecule has 8 heteroatoms. The van der Waals surface area contributed by atoms with E-state index in [9.17, 15) is 18.0 Å². The van der Waals surface area contributed by atoms with Crippen molar-refractivity contribution in [3.63, 3.8) is 0 Å². The number of halogens is 3.